The van der Waals surface area contributed by atoms with E-state index >= 15 is 0 Å². The van der Waals surface area contributed by atoms with Crippen LogP contribution in [0.2, 0.25) is 0 Å². The Balaban J connectivity index is 1.34. The van der Waals surface area contributed by atoms with Gasteiger partial charge in [0.1, 0.15) is 0 Å². The summed E-state index contributed by atoms with van der Waals surface area (Å²) in [5.74, 6) is 0.319. The number of carbonyl (C=O) groups excluding carboxylic acids is 2. The van der Waals surface area contributed by atoms with Crippen molar-refractivity contribution in [1.29, 1.82) is 0 Å². The lowest BCUT2D eigenvalue weighted by Gasteiger charge is -2.20. The van der Waals surface area contributed by atoms with Gasteiger partial charge in [-0.25, -0.2) is 0 Å². The van der Waals surface area contributed by atoms with Gasteiger partial charge in [-0.3, -0.25) is 19.7 Å². The number of hydrogen-bond donors (Lipinski definition) is 1. The van der Waals surface area contributed by atoms with E-state index in [-0.39, 0.29) is 24.2 Å². The summed E-state index contributed by atoms with van der Waals surface area (Å²) >= 11 is 0. The number of rotatable bonds is 6. The van der Waals surface area contributed by atoms with E-state index in [1.165, 1.54) is 12.8 Å². The predicted octanol–water partition coefficient (Wildman–Crippen LogP) is 1.69. The fourth-order valence-corrected chi connectivity index (χ4v) is 3.47. The molecule has 1 saturated heterocycles. The maximum atomic E-state index is 12.7. The summed E-state index contributed by atoms with van der Waals surface area (Å²) < 4.78 is 0. The number of carbonyl (C=O) groups is 2. The first-order valence-electron chi connectivity index (χ1n) is 9.07. The van der Waals surface area contributed by atoms with Gasteiger partial charge in [-0.2, -0.15) is 5.10 Å². The molecular formula is C19H23N5O2. The van der Waals surface area contributed by atoms with Crippen LogP contribution in [0.1, 0.15) is 42.3 Å². The van der Waals surface area contributed by atoms with Gasteiger partial charge in [0.15, 0.2) is 0 Å². The van der Waals surface area contributed by atoms with Gasteiger partial charge < -0.3 is 9.80 Å². The van der Waals surface area contributed by atoms with Crippen molar-refractivity contribution in [3.8, 4) is 0 Å². The van der Waals surface area contributed by atoms with Gasteiger partial charge >= 0.3 is 0 Å². The van der Waals surface area contributed by atoms with Crippen LogP contribution in [0.25, 0.3) is 0 Å². The highest BCUT2D eigenvalue weighted by atomic mass is 16.2. The zero-order valence-electron chi connectivity index (χ0n) is 14.9. The molecule has 0 radical (unpaired) electrons. The first kappa shape index (κ1) is 16.8. The van der Waals surface area contributed by atoms with Crippen molar-refractivity contribution in [1.82, 2.24) is 25.0 Å². The second kappa shape index (κ2) is 6.90. The average molecular weight is 353 g/mol. The number of nitrogens with zero attached hydrogens (tertiary/aromatic N) is 4. The number of likely N-dealkylation sites (tertiary alicyclic amines) is 1. The lowest BCUT2D eigenvalue weighted by Crippen LogP contribution is -2.34. The fourth-order valence-electron chi connectivity index (χ4n) is 3.47. The Morgan fingerprint density at radius 2 is 2.23 bits per heavy atom. The predicted molar refractivity (Wildman–Crippen MR) is 94.8 cm³/mol. The molecule has 1 saturated carbocycles. The Bertz CT molecular complexity index is 799. The molecule has 7 nitrogen and oxygen atoms in total. The average Bonchev–Trinajstić information content (AvgIpc) is 3.29. The van der Waals surface area contributed by atoms with E-state index in [4.69, 9.17) is 0 Å². The summed E-state index contributed by atoms with van der Waals surface area (Å²) in [5, 5.41) is 7.35. The Hall–Kier alpha value is -2.70. The number of nitrogens with one attached hydrogen (secondary N) is 1. The summed E-state index contributed by atoms with van der Waals surface area (Å²) in [4.78, 5) is 32.7. The van der Waals surface area contributed by atoms with E-state index < -0.39 is 0 Å². The SMILES string of the molecule is CN(Cc1cc(C2CC2)n[nH]1)C(=O)[C@@H]1CC(=O)N(Cc2ccccn2)C1. The summed E-state index contributed by atoms with van der Waals surface area (Å²) in [6, 6.07) is 7.69. The molecule has 7 heteroatoms. The van der Waals surface area contributed by atoms with Gasteiger partial charge in [-0.05, 0) is 31.0 Å². The number of amides is 2. The van der Waals surface area contributed by atoms with Crippen molar-refractivity contribution in [3.63, 3.8) is 0 Å². The van der Waals surface area contributed by atoms with Crippen molar-refractivity contribution in [2.75, 3.05) is 13.6 Å². The highest BCUT2D eigenvalue weighted by Crippen LogP contribution is 2.39. The molecule has 2 aliphatic rings. The molecule has 0 spiro atoms. The van der Waals surface area contributed by atoms with Crippen molar-refractivity contribution in [2.45, 2.75) is 38.3 Å². The van der Waals surface area contributed by atoms with Gasteiger partial charge in [0.05, 0.1) is 36.1 Å². The molecule has 4 rings (SSSR count). The first-order valence-corrected chi connectivity index (χ1v) is 9.07. The van der Waals surface area contributed by atoms with Crippen LogP contribution in [0.5, 0.6) is 0 Å². The molecule has 1 atom stereocenters. The maximum Gasteiger partial charge on any atom is 0.228 e. The van der Waals surface area contributed by atoms with E-state index in [0.29, 0.717) is 25.6 Å². The minimum Gasteiger partial charge on any atom is -0.340 e. The molecule has 1 aliphatic heterocycles. The third-order valence-corrected chi connectivity index (χ3v) is 5.07. The zero-order valence-corrected chi connectivity index (χ0v) is 14.9. The largest absolute Gasteiger partial charge is 0.340 e. The lowest BCUT2D eigenvalue weighted by atomic mass is 10.1. The fraction of sp³-hybridized carbons (Fsp3) is 0.474. The summed E-state index contributed by atoms with van der Waals surface area (Å²) in [7, 11) is 1.78. The highest BCUT2D eigenvalue weighted by Gasteiger charge is 2.36. The Labute approximate surface area is 152 Å². The van der Waals surface area contributed by atoms with E-state index in [2.05, 4.69) is 21.2 Å². The third kappa shape index (κ3) is 3.61. The zero-order chi connectivity index (χ0) is 18.1. The van der Waals surface area contributed by atoms with Gasteiger partial charge in [0.25, 0.3) is 0 Å². The minimum absolute atomic E-state index is 0.00411. The summed E-state index contributed by atoms with van der Waals surface area (Å²) in [6.45, 7) is 1.40. The molecule has 26 heavy (non-hydrogen) atoms. The molecule has 0 aromatic carbocycles. The van der Waals surface area contributed by atoms with E-state index in [9.17, 15) is 9.59 Å². The van der Waals surface area contributed by atoms with Crippen molar-refractivity contribution in [2.24, 2.45) is 5.92 Å². The smallest absolute Gasteiger partial charge is 0.228 e. The molecule has 2 amide bonds. The van der Waals surface area contributed by atoms with Crippen LogP contribution in [0.3, 0.4) is 0 Å². The highest BCUT2D eigenvalue weighted by molar-refractivity contribution is 5.89. The van der Waals surface area contributed by atoms with Crippen LogP contribution in [0.15, 0.2) is 30.5 Å². The molecule has 3 heterocycles. The standard InChI is InChI=1S/C19H23N5O2/c1-23(11-16-9-17(22-21-16)13-5-6-13)19(26)14-8-18(25)24(10-14)12-15-4-2-3-7-20-15/h2-4,7,9,13-14H,5-6,8,10-12H2,1H3,(H,21,22)/t14-/m1/s1. The van der Waals surface area contributed by atoms with Crippen LogP contribution in [0.4, 0.5) is 0 Å². The molecule has 2 fully saturated rings. The lowest BCUT2D eigenvalue weighted by molar-refractivity contribution is -0.135. The molecule has 0 bridgehead atoms. The maximum absolute atomic E-state index is 12.7. The minimum atomic E-state index is -0.290. The van der Waals surface area contributed by atoms with Crippen molar-refractivity contribution in [3.05, 3.63) is 47.5 Å². The van der Waals surface area contributed by atoms with Crippen LogP contribution in [-0.2, 0) is 22.7 Å². The van der Waals surface area contributed by atoms with Gasteiger partial charge in [0, 0.05) is 32.1 Å². The topological polar surface area (TPSA) is 82.2 Å². The summed E-state index contributed by atoms with van der Waals surface area (Å²) in [6.07, 6.45) is 4.39. The van der Waals surface area contributed by atoms with Gasteiger partial charge in [0.2, 0.25) is 11.8 Å². The van der Waals surface area contributed by atoms with Gasteiger partial charge in [-0.1, -0.05) is 6.07 Å². The normalized spacial score (nSPS) is 19.8. The molecule has 0 unspecified atom stereocenters. The third-order valence-electron chi connectivity index (χ3n) is 5.07. The van der Waals surface area contributed by atoms with Crippen LogP contribution in [0, 0.1) is 5.92 Å². The number of H-pyrrole nitrogens is 1. The Morgan fingerprint density at radius 1 is 1.38 bits per heavy atom. The van der Waals surface area contributed by atoms with Crippen LogP contribution < -0.4 is 0 Å². The van der Waals surface area contributed by atoms with Gasteiger partial charge in [-0.15, -0.1) is 0 Å². The van der Waals surface area contributed by atoms with E-state index in [0.717, 1.165) is 17.1 Å². The van der Waals surface area contributed by atoms with Crippen molar-refractivity contribution < 1.29 is 9.59 Å². The summed E-state index contributed by atoms with van der Waals surface area (Å²) in [5.41, 5.74) is 2.88. The second-order valence-corrected chi connectivity index (χ2v) is 7.28. The number of aromatic nitrogens is 3. The molecule has 2 aromatic rings. The number of hydrogen-bond acceptors (Lipinski definition) is 4. The Morgan fingerprint density at radius 3 is 2.96 bits per heavy atom. The molecule has 1 aliphatic carbocycles. The van der Waals surface area contributed by atoms with Crippen LogP contribution >= 0.6 is 0 Å². The molecule has 1 N–H and O–H groups in total. The molecule has 2 aromatic heterocycles. The number of aromatic amines is 1. The quantitative estimate of drug-likeness (QED) is 0.857. The first-order chi connectivity index (χ1) is 12.6. The van der Waals surface area contributed by atoms with E-state index in [1.807, 2.05) is 18.2 Å². The Kier molecular flexibility index (Phi) is 4.44. The monoisotopic (exact) mass is 353 g/mol. The molecular weight excluding hydrogens is 330 g/mol. The number of pyridine rings is 1. The second-order valence-electron chi connectivity index (χ2n) is 7.28. The van der Waals surface area contributed by atoms with Crippen LogP contribution in [-0.4, -0.2) is 50.4 Å². The van der Waals surface area contributed by atoms with Crippen molar-refractivity contribution >= 4 is 11.8 Å². The molecule has 136 valence electrons. The van der Waals surface area contributed by atoms with E-state index in [1.54, 1.807) is 23.0 Å².